The molecule has 0 saturated heterocycles. The van der Waals surface area contributed by atoms with Crippen molar-refractivity contribution in [3.8, 4) is 0 Å². The zero-order valence-corrected chi connectivity index (χ0v) is 14.8. The molecule has 1 N–H and O–H groups in total. The van der Waals surface area contributed by atoms with Gasteiger partial charge in [-0.15, -0.1) is 13.2 Å². The first kappa shape index (κ1) is 18.5. The van der Waals surface area contributed by atoms with Crippen LogP contribution in [0, 0.1) is 5.41 Å². The van der Waals surface area contributed by atoms with Crippen LogP contribution in [0.3, 0.4) is 0 Å². The third-order valence-electron chi connectivity index (χ3n) is 4.75. The maximum absolute atomic E-state index is 4.17. The minimum absolute atomic E-state index is 0.0533. The van der Waals surface area contributed by atoms with E-state index in [9.17, 15) is 0 Å². The van der Waals surface area contributed by atoms with Crippen molar-refractivity contribution in [1.29, 1.82) is 0 Å². The Bertz CT molecular complexity index is 484. The molecule has 1 rings (SSSR count). The topological polar surface area (TPSA) is 15.3 Å². The Morgan fingerprint density at radius 1 is 1.50 bits per heavy atom. The van der Waals surface area contributed by atoms with Crippen molar-refractivity contribution in [2.45, 2.75) is 39.2 Å². The molecule has 0 aromatic rings. The van der Waals surface area contributed by atoms with Crippen LogP contribution in [0.2, 0.25) is 0 Å². The normalized spacial score (nSPS) is 22.6. The molecule has 122 valence electrons. The first-order valence-electron chi connectivity index (χ1n) is 8.07. The summed E-state index contributed by atoms with van der Waals surface area (Å²) in [6.07, 6.45) is 11.7. The van der Waals surface area contributed by atoms with E-state index in [1.807, 2.05) is 13.1 Å². The van der Waals surface area contributed by atoms with Crippen LogP contribution in [-0.4, -0.2) is 31.6 Å². The van der Waals surface area contributed by atoms with E-state index in [0.717, 1.165) is 31.5 Å². The summed E-state index contributed by atoms with van der Waals surface area (Å²) < 4.78 is 0. The van der Waals surface area contributed by atoms with E-state index in [0.29, 0.717) is 6.04 Å². The SMILES string of the molecule is C=CCCC(C(=C)NC)N(C)CC1=CC(C)=CCC1(C)C=C. The number of hydrogen-bond donors (Lipinski definition) is 1. The third-order valence-corrected chi connectivity index (χ3v) is 4.75. The van der Waals surface area contributed by atoms with E-state index in [1.165, 1.54) is 11.1 Å². The lowest BCUT2D eigenvalue weighted by atomic mass is 9.75. The van der Waals surface area contributed by atoms with Crippen LogP contribution in [0.15, 0.2) is 60.9 Å². The molecule has 1 aliphatic rings. The molecule has 2 atom stereocenters. The number of nitrogens with one attached hydrogen (secondary N) is 1. The Morgan fingerprint density at radius 2 is 2.18 bits per heavy atom. The molecule has 0 fully saturated rings. The summed E-state index contributed by atoms with van der Waals surface area (Å²) in [4.78, 5) is 2.38. The lowest BCUT2D eigenvalue weighted by Gasteiger charge is -2.37. The van der Waals surface area contributed by atoms with E-state index in [1.54, 1.807) is 0 Å². The highest BCUT2D eigenvalue weighted by Crippen LogP contribution is 2.38. The molecule has 2 unspecified atom stereocenters. The molecular formula is C20H32N2. The number of allylic oxidation sites excluding steroid dienone is 5. The summed E-state index contributed by atoms with van der Waals surface area (Å²) in [5.41, 5.74) is 3.89. The number of likely N-dealkylation sites (N-methyl/N-ethyl adjacent to an activating group) is 2. The predicted molar refractivity (Wildman–Crippen MR) is 98.8 cm³/mol. The van der Waals surface area contributed by atoms with Crippen LogP contribution < -0.4 is 5.32 Å². The van der Waals surface area contributed by atoms with Crippen LogP contribution in [0.5, 0.6) is 0 Å². The third kappa shape index (κ3) is 4.48. The van der Waals surface area contributed by atoms with Crippen molar-refractivity contribution < 1.29 is 0 Å². The Balaban J connectivity index is 2.92. The van der Waals surface area contributed by atoms with Gasteiger partial charge < -0.3 is 5.32 Å². The summed E-state index contributed by atoms with van der Waals surface area (Å²) in [5.74, 6) is 0. The van der Waals surface area contributed by atoms with Crippen molar-refractivity contribution >= 4 is 0 Å². The Kier molecular flexibility index (Phi) is 6.89. The lowest BCUT2D eigenvalue weighted by molar-refractivity contribution is 0.259. The maximum Gasteiger partial charge on any atom is 0.0492 e. The molecule has 0 aliphatic heterocycles. The number of nitrogens with zero attached hydrogens (tertiary/aromatic N) is 1. The highest BCUT2D eigenvalue weighted by Gasteiger charge is 2.29. The van der Waals surface area contributed by atoms with Gasteiger partial charge in [0.2, 0.25) is 0 Å². The minimum atomic E-state index is 0.0533. The standard InChI is InChI=1S/C20H32N2/c1-8-10-11-19(17(4)21-6)22(7)15-18-14-16(3)12-13-20(18,5)9-2/h8-9,12,14,19,21H,1-2,4,10-11,13,15H2,3,5-7H3. The van der Waals surface area contributed by atoms with Crippen LogP contribution >= 0.6 is 0 Å². The van der Waals surface area contributed by atoms with E-state index in [-0.39, 0.29) is 5.41 Å². The Morgan fingerprint density at radius 3 is 2.73 bits per heavy atom. The molecular weight excluding hydrogens is 268 g/mol. The second-order valence-corrected chi connectivity index (χ2v) is 6.52. The van der Waals surface area contributed by atoms with Gasteiger partial charge in [0.25, 0.3) is 0 Å². The van der Waals surface area contributed by atoms with Crippen LogP contribution in [-0.2, 0) is 0 Å². The first-order chi connectivity index (χ1) is 10.4. The van der Waals surface area contributed by atoms with Crippen molar-refractivity contribution in [2.24, 2.45) is 5.41 Å². The van der Waals surface area contributed by atoms with Gasteiger partial charge in [0.05, 0.1) is 0 Å². The van der Waals surface area contributed by atoms with Gasteiger partial charge in [-0.1, -0.05) is 43.4 Å². The fraction of sp³-hybridized carbons (Fsp3) is 0.500. The van der Waals surface area contributed by atoms with Crippen molar-refractivity contribution in [3.63, 3.8) is 0 Å². The van der Waals surface area contributed by atoms with Crippen LogP contribution in [0.4, 0.5) is 0 Å². The second-order valence-electron chi connectivity index (χ2n) is 6.52. The largest absolute Gasteiger partial charge is 0.391 e. The quantitative estimate of drug-likeness (QED) is 0.633. The van der Waals surface area contributed by atoms with Gasteiger partial charge in [-0.05, 0) is 38.8 Å². The molecule has 0 saturated carbocycles. The molecule has 22 heavy (non-hydrogen) atoms. The lowest BCUT2D eigenvalue weighted by Crippen LogP contribution is -2.40. The Hall–Kier alpha value is -1.54. The average molecular weight is 300 g/mol. The van der Waals surface area contributed by atoms with E-state index < -0.39 is 0 Å². The van der Waals surface area contributed by atoms with Gasteiger partial charge >= 0.3 is 0 Å². The summed E-state index contributed by atoms with van der Waals surface area (Å²) >= 11 is 0. The molecule has 2 nitrogen and oxygen atoms in total. The predicted octanol–water partition coefficient (Wildman–Crippen LogP) is 4.45. The molecule has 1 aliphatic carbocycles. The molecule has 0 amide bonds. The minimum Gasteiger partial charge on any atom is -0.391 e. The fourth-order valence-electron chi connectivity index (χ4n) is 2.93. The summed E-state index contributed by atoms with van der Waals surface area (Å²) in [5, 5.41) is 3.21. The van der Waals surface area contributed by atoms with Crippen LogP contribution in [0.25, 0.3) is 0 Å². The zero-order chi connectivity index (χ0) is 16.8. The molecule has 2 heteroatoms. The number of rotatable bonds is 9. The monoisotopic (exact) mass is 300 g/mol. The highest BCUT2D eigenvalue weighted by molar-refractivity contribution is 5.35. The molecule has 0 heterocycles. The molecule has 0 aromatic carbocycles. The van der Waals surface area contributed by atoms with Gasteiger partial charge in [-0.25, -0.2) is 0 Å². The maximum atomic E-state index is 4.17. The Labute approximate surface area is 137 Å². The van der Waals surface area contributed by atoms with Crippen molar-refractivity contribution in [3.05, 3.63) is 60.9 Å². The van der Waals surface area contributed by atoms with E-state index in [2.05, 4.69) is 69.1 Å². The summed E-state index contributed by atoms with van der Waals surface area (Å²) in [6.45, 7) is 17.4. The van der Waals surface area contributed by atoms with Crippen molar-refractivity contribution in [1.82, 2.24) is 10.2 Å². The second kappa shape index (κ2) is 8.19. The van der Waals surface area contributed by atoms with Crippen LogP contribution in [0.1, 0.15) is 33.1 Å². The smallest absolute Gasteiger partial charge is 0.0492 e. The zero-order valence-electron chi connectivity index (χ0n) is 14.8. The van der Waals surface area contributed by atoms with E-state index in [4.69, 9.17) is 0 Å². The molecule has 0 spiro atoms. The van der Waals surface area contributed by atoms with Gasteiger partial charge in [0, 0.05) is 30.7 Å². The first-order valence-corrected chi connectivity index (χ1v) is 8.07. The highest BCUT2D eigenvalue weighted by atomic mass is 15.2. The summed E-state index contributed by atoms with van der Waals surface area (Å²) in [6, 6.07) is 0.309. The number of hydrogen-bond acceptors (Lipinski definition) is 2. The molecule has 0 bridgehead atoms. The summed E-state index contributed by atoms with van der Waals surface area (Å²) in [7, 11) is 4.12. The van der Waals surface area contributed by atoms with Gasteiger partial charge in [0.1, 0.15) is 0 Å². The van der Waals surface area contributed by atoms with Gasteiger partial charge in [-0.3, -0.25) is 4.90 Å². The van der Waals surface area contributed by atoms with Gasteiger partial charge in [0.15, 0.2) is 0 Å². The molecule has 0 radical (unpaired) electrons. The fourth-order valence-corrected chi connectivity index (χ4v) is 2.93. The molecule has 0 aromatic heterocycles. The van der Waals surface area contributed by atoms with Gasteiger partial charge in [-0.2, -0.15) is 0 Å². The van der Waals surface area contributed by atoms with Crippen molar-refractivity contribution in [2.75, 3.05) is 20.6 Å². The average Bonchev–Trinajstić information content (AvgIpc) is 2.51. The van der Waals surface area contributed by atoms with E-state index >= 15 is 0 Å².